The molecule has 0 atom stereocenters. The van der Waals surface area contributed by atoms with Gasteiger partial charge in [-0.15, -0.1) is 24.8 Å². The van der Waals surface area contributed by atoms with Crippen LogP contribution in [0.4, 0.5) is 0 Å². The molecule has 2 aromatic rings. The summed E-state index contributed by atoms with van der Waals surface area (Å²) in [5.41, 5.74) is -0.690. The highest BCUT2D eigenvalue weighted by Gasteiger charge is 2.38. The first kappa shape index (κ1) is 46.1. The number of nitrogens with zero attached hydrogens (tertiary/aromatic N) is 2. The third kappa shape index (κ3) is 12.6. The smallest absolute Gasteiger partial charge is 0.241 e. The van der Waals surface area contributed by atoms with E-state index >= 15 is 0 Å². The first-order chi connectivity index (χ1) is 23.0. The lowest BCUT2D eigenvalue weighted by atomic mass is 9.84. The summed E-state index contributed by atoms with van der Waals surface area (Å²) >= 11 is 0. The van der Waals surface area contributed by atoms with E-state index in [0.717, 1.165) is 90.6 Å². The maximum atomic E-state index is 14.1. The lowest BCUT2D eigenvalue weighted by molar-refractivity contribution is 0.0974. The van der Waals surface area contributed by atoms with Crippen molar-refractivity contribution >= 4 is 56.4 Å². The van der Waals surface area contributed by atoms with Gasteiger partial charge >= 0.3 is 0 Å². The van der Waals surface area contributed by atoms with Crippen LogP contribution in [-0.2, 0) is 20.0 Å². The highest BCUT2D eigenvalue weighted by Crippen LogP contribution is 2.34. The van der Waals surface area contributed by atoms with Gasteiger partial charge in [-0.2, -0.15) is 0 Å². The molecule has 50 heavy (non-hydrogen) atoms. The van der Waals surface area contributed by atoms with Crippen molar-refractivity contribution in [2.45, 2.75) is 102 Å². The molecule has 1 aliphatic carbocycles. The number of nitrogens with one attached hydrogen (secondary N) is 2. The number of rotatable bonds is 24. The van der Waals surface area contributed by atoms with Crippen LogP contribution in [-0.4, -0.2) is 90.6 Å². The van der Waals surface area contributed by atoms with Gasteiger partial charge in [0.25, 0.3) is 0 Å². The van der Waals surface area contributed by atoms with E-state index in [2.05, 4.69) is 46.9 Å². The van der Waals surface area contributed by atoms with Crippen LogP contribution < -0.4 is 9.44 Å². The molecule has 0 amide bonds. The molecule has 0 radical (unpaired) electrons. The van der Waals surface area contributed by atoms with Crippen LogP contribution in [0.2, 0.25) is 0 Å². The molecule has 0 bridgehead atoms. The maximum Gasteiger partial charge on any atom is 0.241 e. The lowest BCUT2D eigenvalue weighted by Crippen LogP contribution is -2.34. The second-order valence-corrected chi connectivity index (χ2v) is 16.1. The number of fused-ring (bicyclic) bond motifs is 2. The van der Waals surface area contributed by atoms with E-state index in [-0.39, 0.29) is 69.9 Å². The zero-order valence-electron chi connectivity index (χ0n) is 30.2. The van der Waals surface area contributed by atoms with Crippen LogP contribution in [0.1, 0.15) is 124 Å². The van der Waals surface area contributed by atoms with E-state index in [1.807, 2.05) is 0 Å². The Kier molecular flexibility index (Phi) is 21.1. The van der Waals surface area contributed by atoms with Crippen molar-refractivity contribution in [1.29, 1.82) is 0 Å². The number of unbranched alkanes of at least 4 members (excludes halogenated alkanes) is 4. The average Bonchev–Trinajstić information content (AvgIpc) is 3.08. The van der Waals surface area contributed by atoms with Crippen LogP contribution in [0.3, 0.4) is 0 Å². The van der Waals surface area contributed by atoms with Crippen molar-refractivity contribution in [2.24, 2.45) is 0 Å². The minimum Gasteiger partial charge on any atom is -0.303 e. The van der Waals surface area contributed by atoms with E-state index < -0.39 is 31.6 Å². The fourth-order valence-corrected chi connectivity index (χ4v) is 8.59. The molecule has 0 spiro atoms. The second-order valence-electron chi connectivity index (χ2n) is 12.6. The second kappa shape index (κ2) is 22.9. The van der Waals surface area contributed by atoms with Crippen molar-refractivity contribution in [1.82, 2.24) is 19.2 Å². The summed E-state index contributed by atoms with van der Waals surface area (Å²) in [4.78, 5) is 31.8. The van der Waals surface area contributed by atoms with Crippen LogP contribution in [0.25, 0.3) is 0 Å². The molecule has 0 unspecified atom stereocenters. The maximum absolute atomic E-state index is 14.1. The van der Waals surface area contributed by atoms with Gasteiger partial charge in [0.15, 0.2) is 11.6 Å². The fraction of sp³-hybridized carbons (Fsp3) is 0.611. The third-order valence-electron chi connectivity index (χ3n) is 8.77. The number of benzene rings is 2. The van der Waals surface area contributed by atoms with Gasteiger partial charge in [-0.05, 0) is 89.9 Å². The van der Waals surface area contributed by atoms with Gasteiger partial charge in [-0.1, -0.05) is 77.6 Å². The van der Waals surface area contributed by atoms with Gasteiger partial charge < -0.3 is 9.80 Å². The molecule has 0 aliphatic heterocycles. The fourth-order valence-electron chi connectivity index (χ4n) is 6.00. The number of ketones is 2. The summed E-state index contributed by atoms with van der Waals surface area (Å²) in [7, 11) is -8.38. The molecule has 0 saturated heterocycles. The third-order valence-corrected chi connectivity index (χ3v) is 11.8. The van der Waals surface area contributed by atoms with Crippen LogP contribution in [0.15, 0.2) is 46.2 Å². The number of carbonyl (C=O) groups excluding carboxylic acids is 2. The number of sulfonamides is 2. The Labute approximate surface area is 313 Å². The lowest BCUT2D eigenvalue weighted by Gasteiger charge is -2.23. The average molecular weight is 778 g/mol. The molecule has 0 aromatic heterocycles. The largest absolute Gasteiger partial charge is 0.303 e. The topological polar surface area (TPSA) is 133 Å². The molecule has 2 aromatic carbocycles. The van der Waals surface area contributed by atoms with Crippen molar-refractivity contribution in [3.63, 3.8) is 0 Å². The summed E-state index contributed by atoms with van der Waals surface area (Å²) in [6.45, 7) is 14.2. The molecule has 14 heteroatoms. The normalized spacial score (nSPS) is 12.8. The Bertz CT molecular complexity index is 1460. The zero-order valence-corrected chi connectivity index (χ0v) is 33.4. The highest BCUT2D eigenvalue weighted by molar-refractivity contribution is 7.90. The summed E-state index contributed by atoms with van der Waals surface area (Å²) in [6.07, 6.45) is 9.81. The van der Waals surface area contributed by atoms with Gasteiger partial charge in [0.1, 0.15) is 0 Å². The number of hydrogen-bond donors (Lipinski definition) is 2. The molecule has 10 nitrogen and oxygen atoms in total. The van der Waals surface area contributed by atoms with Gasteiger partial charge in [0.05, 0.1) is 20.9 Å². The Balaban J connectivity index is 0.00000625. The minimum atomic E-state index is -4.19. The summed E-state index contributed by atoms with van der Waals surface area (Å²) in [5, 5.41) is 0. The van der Waals surface area contributed by atoms with E-state index in [4.69, 9.17) is 0 Å². The van der Waals surface area contributed by atoms with Crippen LogP contribution in [0.5, 0.6) is 0 Å². The molecule has 0 heterocycles. The summed E-state index contributed by atoms with van der Waals surface area (Å²) < 4.78 is 59.5. The first-order valence-electron chi connectivity index (χ1n) is 17.8. The van der Waals surface area contributed by atoms with Gasteiger partial charge in [-0.3, -0.25) is 9.59 Å². The Morgan fingerprint density at radius 2 is 0.820 bits per heavy atom. The number of halogens is 2. The van der Waals surface area contributed by atoms with Gasteiger partial charge in [-0.25, -0.2) is 26.3 Å². The Hall–Kier alpha value is -1.90. The van der Waals surface area contributed by atoms with E-state index in [1.165, 1.54) is 36.4 Å². The van der Waals surface area contributed by atoms with Crippen LogP contribution >= 0.6 is 24.8 Å². The first-order valence-corrected chi connectivity index (χ1v) is 20.8. The number of hydrogen-bond acceptors (Lipinski definition) is 8. The van der Waals surface area contributed by atoms with E-state index in [1.54, 1.807) is 0 Å². The highest BCUT2D eigenvalue weighted by atomic mass is 35.5. The van der Waals surface area contributed by atoms with Crippen molar-refractivity contribution in [3.05, 3.63) is 58.7 Å². The van der Waals surface area contributed by atoms with Gasteiger partial charge in [0.2, 0.25) is 20.0 Å². The molecular formula is C36H58Cl2N4O6S2. The predicted molar refractivity (Wildman–Crippen MR) is 206 cm³/mol. The summed E-state index contributed by atoms with van der Waals surface area (Å²) in [6, 6.07) is 8.30. The van der Waals surface area contributed by atoms with Gasteiger partial charge in [0, 0.05) is 24.2 Å². The predicted octanol–water partition coefficient (Wildman–Crippen LogP) is 6.45. The molecule has 0 saturated carbocycles. The van der Waals surface area contributed by atoms with E-state index in [0.29, 0.717) is 12.8 Å². The van der Waals surface area contributed by atoms with E-state index in [9.17, 15) is 26.4 Å². The standard InChI is InChI=1S/C36H56N4O6S2.2ClH/c1-5-9-23-39(24-10-6-2)27-15-21-37-47(43,44)31-19-13-17-29-33(31)36(42)34-30(35(29)41)18-14-20-32(34)48(45,46)38-22-16-28-40(25-11-7-3)26-12-8-4;;/h13-14,17-20,37-38H,5-12,15-16,21-28H2,1-4H3;2*1H. The minimum absolute atomic E-state index is 0. The molecule has 3 rings (SSSR count). The molecule has 1 aliphatic rings. The zero-order chi connectivity index (χ0) is 35.2. The monoisotopic (exact) mass is 776 g/mol. The quantitative estimate of drug-likeness (QED) is 0.0994. The molecule has 0 fully saturated rings. The van der Waals surface area contributed by atoms with Crippen LogP contribution in [0, 0.1) is 0 Å². The molecule has 284 valence electrons. The SMILES string of the molecule is CCCCN(CCCC)CCCNS(=O)(=O)c1cccc2c1C(=O)c1c(cccc1S(=O)(=O)NCCCN(CCCC)CCCC)C2=O.Cl.Cl. The Morgan fingerprint density at radius 1 is 0.500 bits per heavy atom. The van der Waals surface area contributed by atoms with Crippen molar-refractivity contribution in [2.75, 3.05) is 52.4 Å². The van der Waals surface area contributed by atoms with Crippen molar-refractivity contribution in [3.8, 4) is 0 Å². The summed E-state index contributed by atoms with van der Waals surface area (Å²) in [5.74, 6) is -1.38. The molecular weight excluding hydrogens is 719 g/mol. The molecule has 2 N–H and O–H groups in total. The Morgan fingerprint density at radius 3 is 1.14 bits per heavy atom. The number of carbonyl (C=O) groups is 2. The van der Waals surface area contributed by atoms with Crippen molar-refractivity contribution < 1.29 is 26.4 Å².